The molecule has 2 N–H and O–H groups in total. The van der Waals surface area contributed by atoms with Gasteiger partial charge in [-0.3, -0.25) is 0 Å². The van der Waals surface area contributed by atoms with Gasteiger partial charge in [0.05, 0.1) is 5.25 Å². The van der Waals surface area contributed by atoms with Gasteiger partial charge in [0.2, 0.25) is 0 Å². The minimum atomic E-state index is 0.129. The molecule has 0 aliphatic rings. The van der Waals surface area contributed by atoms with Crippen LogP contribution in [0.1, 0.15) is 29.3 Å². The Balaban J connectivity index is 2.20. The van der Waals surface area contributed by atoms with Gasteiger partial charge in [-0.2, -0.15) is 4.37 Å². The van der Waals surface area contributed by atoms with Crippen molar-refractivity contribution in [1.29, 1.82) is 0 Å². The van der Waals surface area contributed by atoms with Crippen molar-refractivity contribution in [2.45, 2.75) is 35.9 Å². The molecule has 0 amide bonds. The zero-order valence-corrected chi connectivity index (χ0v) is 14.1. The first-order valence-electron chi connectivity index (χ1n) is 5.56. The minimum absolute atomic E-state index is 0.129. The van der Waals surface area contributed by atoms with Crippen LogP contribution < -0.4 is 5.73 Å². The summed E-state index contributed by atoms with van der Waals surface area (Å²) in [6, 6.07) is 2.27. The molecule has 7 heteroatoms. The molecule has 0 saturated carbocycles. The molecule has 0 aromatic carbocycles. The highest BCUT2D eigenvalue weighted by molar-refractivity contribution is 9.10. The maximum Gasteiger partial charge on any atom is 0.170 e. The summed E-state index contributed by atoms with van der Waals surface area (Å²) in [5.41, 5.74) is 6.24. The normalized spacial score (nSPS) is 14.7. The summed E-state index contributed by atoms with van der Waals surface area (Å²) >= 11 is 8.40. The topological polar surface area (TPSA) is 51.8 Å². The molecule has 2 heterocycles. The fraction of sp³-hybridized carbons (Fsp3) is 0.455. The van der Waals surface area contributed by atoms with E-state index in [1.165, 1.54) is 16.4 Å². The summed E-state index contributed by atoms with van der Waals surface area (Å²) < 4.78 is 6.32. The first-order chi connectivity index (χ1) is 8.60. The van der Waals surface area contributed by atoms with E-state index in [-0.39, 0.29) is 11.3 Å². The van der Waals surface area contributed by atoms with Crippen molar-refractivity contribution < 1.29 is 0 Å². The molecule has 0 aliphatic carbocycles. The maximum absolute atomic E-state index is 6.24. The van der Waals surface area contributed by atoms with Crippen molar-refractivity contribution in [2.24, 2.45) is 5.73 Å². The number of hydrogen-bond acceptors (Lipinski definition) is 6. The molecule has 0 spiro atoms. The van der Waals surface area contributed by atoms with Gasteiger partial charge < -0.3 is 5.73 Å². The third kappa shape index (κ3) is 3.54. The van der Waals surface area contributed by atoms with Crippen LogP contribution in [0.5, 0.6) is 0 Å². The van der Waals surface area contributed by atoms with Gasteiger partial charge >= 0.3 is 0 Å². The number of nitrogens with zero attached hydrogens (tertiary/aromatic N) is 2. The van der Waals surface area contributed by atoms with Crippen molar-refractivity contribution in [3.05, 3.63) is 26.6 Å². The molecule has 2 atom stereocenters. The number of thioether (sulfide) groups is 1. The average molecular weight is 364 g/mol. The smallest absolute Gasteiger partial charge is 0.170 e. The van der Waals surface area contributed by atoms with E-state index in [1.807, 2.05) is 6.92 Å². The van der Waals surface area contributed by atoms with Gasteiger partial charge in [-0.1, -0.05) is 18.7 Å². The lowest BCUT2D eigenvalue weighted by Gasteiger charge is -2.19. The number of halogens is 1. The predicted octanol–water partition coefficient (Wildman–Crippen LogP) is 4.24. The molecule has 0 bridgehead atoms. The summed E-state index contributed by atoms with van der Waals surface area (Å²) in [7, 11) is 0. The van der Waals surface area contributed by atoms with E-state index in [0.29, 0.717) is 0 Å². The summed E-state index contributed by atoms with van der Waals surface area (Å²) in [6.45, 7) is 4.03. The molecule has 98 valence electrons. The number of rotatable bonds is 5. The average Bonchev–Trinajstić information content (AvgIpc) is 2.94. The second kappa shape index (κ2) is 6.47. The van der Waals surface area contributed by atoms with Crippen molar-refractivity contribution in [3.63, 3.8) is 0 Å². The maximum atomic E-state index is 6.24. The lowest BCUT2D eigenvalue weighted by Crippen LogP contribution is -2.25. The van der Waals surface area contributed by atoms with Gasteiger partial charge in [0.1, 0.15) is 5.82 Å². The molecule has 2 aromatic rings. The molecule has 18 heavy (non-hydrogen) atoms. The van der Waals surface area contributed by atoms with E-state index in [4.69, 9.17) is 5.73 Å². The molecule has 0 fully saturated rings. The Labute approximate surface area is 128 Å². The summed E-state index contributed by atoms with van der Waals surface area (Å²) in [5, 5.41) is 2.34. The quantitative estimate of drug-likeness (QED) is 0.807. The Morgan fingerprint density at radius 1 is 1.56 bits per heavy atom. The van der Waals surface area contributed by atoms with Crippen molar-refractivity contribution in [1.82, 2.24) is 9.36 Å². The van der Waals surface area contributed by atoms with Gasteiger partial charge in [-0.25, -0.2) is 4.98 Å². The zero-order valence-electron chi connectivity index (χ0n) is 10.1. The predicted molar refractivity (Wildman–Crippen MR) is 83.5 cm³/mol. The lowest BCUT2D eigenvalue weighted by molar-refractivity contribution is 0.639. The van der Waals surface area contributed by atoms with Crippen LogP contribution in [0.2, 0.25) is 0 Å². The largest absolute Gasteiger partial charge is 0.326 e. The van der Waals surface area contributed by atoms with E-state index >= 15 is 0 Å². The Morgan fingerprint density at radius 2 is 2.33 bits per heavy atom. The van der Waals surface area contributed by atoms with Crippen LogP contribution in [0.15, 0.2) is 20.3 Å². The Hall–Kier alpha value is 0.0500. The van der Waals surface area contributed by atoms with E-state index in [2.05, 4.69) is 43.7 Å². The van der Waals surface area contributed by atoms with Gasteiger partial charge in [-0.15, -0.1) is 11.3 Å². The number of nitrogens with two attached hydrogens (primary N) is 1. The lowest BCUT2D eigenvalue weighted by atomic mass is 10.1. The highest BCUT2D eigenvalue weighted by Gasteiger charge is 2.23. The fourth-order valence-corrected chi connectivity index (χ4v) is 5.27. The molecule has 0 aliphatic heterocycles. The third-order valence-electron chi connectivity index (χ3n) is 2.47. The summed E-state index contributed by atoms with van der Waals surface area (Å²) in [4.78, 5) is 5.69. The van der Waals surface area contributed by atoms with E-state index < -0.39 is 0 Å². The highest BCUT2D eigenvalue weighted by Crippen LogP contribution is 2.41. The zero-order chi connectivity index (χ0) is 13.1. The van der Waals surface area contributed by atoms with Gasteiger partial charge in [0.25, 0.3) is 0 Å². The van der Waals surface area contributed by atoms with Crippen LogP contribution in [0.3, 0.4) is 0 Å². The summed E-state index contributed by atoms with van der Waals surface area (Å²) in [6.07, 6.45) is 0.949. The summed E-state index contributed by atoms with van der Waals surface area (Å²) in [5.74, 6) is 0.832. The first kappa shape index (κ1) is 14.5. The number of aromatic nitrogens is 2. The van der Waals surface area contributed by atoms with Gasteiger partial charge in [0, 0.05) is 20.8 Å². The van der Waals surface area contributed by atoms with Crippen molar-refractivity contribution >= 4 is 50.6 Å². The van der Waals surface area contributed by atoms with Gasteiger partial charge in [0.15, 0.2) is 4.34 Å². The minimum Gasteiger partial charge on any atom is -0.326 e. The van der Waals surface area contributed by atoms with Crippen LogP contribution >= 0.6 is 50.6 Å². The monoisotopic (exact) mass is 363 g/mol. The Bertz CT molecular complexity index is 511. The highest BCUT2D eigenvalue weighted by atomic mass is 79.9. The molecule has 2 rings (SSSR count). The SMILES string of the molecule is CCC(N)C(Sc1nc(C)ns1)c1cc(Br)cs1. The molecular weight excluding hydrogens is 350 g/mol. The molecule has 2 aromatic heterocycles. The van der Waals surface area contributed by atoms with E-state index in [1.54, 1.807) is 23.1 Å². The number of hydrogen-bond donors (Lipinski definition) is 1. The number of aryl methyl sites for hydroxylation is 1. The molecule has 3 nitrogen and oxygen atoms in total. The Morgan fingerprint density at radius 3 is 2.83 bits per heavy atom. The van der Waals surface area contributed by atoms with Crippen LogP contribution in [0.25, 0.3) is 0 Å². The van der Waals surface area contributed by atoms with Crippen molar-refractivity contribution in [2.75, 3.05) is 0 Å². The van der Waals surface area contributed by atoms with Crippen LogP contribution in [-0.4, -0.2) is 15.4 Å². The van der Waals surface area contributed by atoms with Crippen LogP contribution in [-0.2, 0) is 0 Å². The van der Waals surface area contributed by atoms with E-state index in [0.717, 1.165) is 21.1 Å². The second-order valence-corrected chi connectivity index (χ2v) is 7.88. The number of thiophene rings is 1. The molecule has 0 radical (unpaired) electrons. The fourth-order valence-electron chi connectivity index (χ4n) is 1.48. The third-order valence-corrected chi connectivity index (χ3v) is 6.66. The van der Waals surface area contributed by atoms with Crippen LogP contribution in [0.4, 0.5) is 0 Å². The first-order valence-corrected chi connectivity index (χ1v) is 8.89. The Kier molecular flexibility index (Phi) is 5.20. The van der Waals surface area contributed by atoms with Crippen molar-refractivity contribution in [3.8, 4) is 0 Å². The molecule has 0 saturated heterocycles. The molecule has 2 unspecified atom stereocenters. The standard InChI is InChI=1S/C11H14BrN3S3/c1-3-8(13)10(9-4-7(12)5-16-9)17-11-14-6(2)15-18-11/h4-5,8,10H,3,13H2,1-2H3. The second-order valence-electron chi connectivity index (χ2n) is 3.89. The van der Waals surface area contributed by atoms with Crippen LogP contribution in [0, 0.1) is 6.92 Å². The van der Waals surface area contributed by atoms with Gasteiger partial charge in [-0.05, 0) is 46.9 Å². The molecular formula is C11H14BrN3S3. The van der Waals surface area contributed by atoms with E-state index in [9.17, 15) is 0 Å².